The van der Waals surface area contributed by atoms with Crippen LogP contribution in [-0.4, -0.2) is 24.1 Å². The minimum atomic E-state index is -3.18. The Balaban J connectivity index is 1.12. The molecule has 0 amide bonds. The zero-order chi connectivity index (χ0) is 38.6. The largest absolute Gasteiger partial charge is 0.309 e. The Bertz CT molecular complexity index is 3260. The fourth-order valence-electron chi connectivity index (χ4n) is 8.37. The van der Waals surface area contributed by atoms with Gasteiger partial charge in [0.25, 0.3) is 0 Å². The van der Waals surface area contributed by atoms with Crippen LogP contribution < -0.4 is 15.9 Å². The van der Waals surface area contributed by atoms with Crippen molar-refractivity contribution in [2.75, 3.05) is 0 Å². The zero-order valence-corrected chi connectivity index (χ0v) is 32.1. The van der Waals surface area contributed by atoms with E-state index < -0.39 is 7.14 Å². The molecule has 11 rings (SSSR count). The monoisotopic (exact) mass is 763 g/mol. The molecule has 6 nitrogen and oxygen atoms in total. The average molecular weight is 764 g/mol. The van der Waals surface area contributed by atoms with Gasteiger partial charge in [-0.15, -0.1) is 0 Å². The van der Waals surface area contributed by atoms with E-state index in [2.05, 4.69) is 94.1 Å². The van der Waals surface area contributed by atoms with Gasteiger partial charge in [-0.05, 0) is 48.5 Å². The van der Waals surface area contributed by atoms with Gasteiger partial charge in [-0.25, -0.2) is 4.98 Å². The molecule has 0 saturated carbocycles. The molecule has 58 heavy (non-hydrogen) atoms. The Morgan fingerprint density at radius 1 is 0.345 bits per heavy atom. The lowest BCUT2D eigenvalue weighted by Crippen LogP contribution is -2.24. The number of aromatic nitrogens is 5. The summed E-state index contributed by atoms with van der Waals surface area (Å²) in [5.41, 5.74) is 6.97. The quantitative estimate of drug-likeness (QED) is 0.152. The highest BCUT2D eigenvalue weighted by atomic mass is 31.2. The van der Waals surface area contributed by atoms with E-state index in [9.17, 15) is 0 Å². The summed E-state index contributed by atoms with van der Waals surface area (Å²) in [6, 6.07) is 69.7. The molecular formula is C51H34N5OP. The Morgan fingerprint density at radius 2 is 0.776 bits per heavy atom. The van der Waals surface area contributed by atoms with E-state index >= 15 is 4.57 Å². The van der Waals surface area contributed by atoms with Gasteiger partial charge in [0.1, 0.15) is 0 Å². The molecule has 0 saturated heterocycles. The summed E-state index contributed by atoms with van der Waals surface area (Å²) in [5.74, 6) is 1.78. The minimum Gasteiger partial charge on any atom is -0.309 e. The van der Waals surface area contributed by atoms with Crippen LogP contribution in [0.25, 0.3) is 78.0 Å². The molecule has 3 aromatic heterocycles. The average Bonchev–Trinajstić information content (AvgIpc) is 3.82. The van der Waals surface area contributed by atoms with Crippen LogP contribution in [-0.2, 0) is 4.57 Å². The molecule has 11 aromatic rings. The standard InChI is InChI=1S/C51H34N5OP/c57-58(38-21-9-3-10-22-38,39-23-11-4-12-24-39)40-30-32-47-44(34-40)42-26-13-15-27-45(42)55(47)37-29-31-48-43(33-37)41-25-14-16-28-46(41)56(48)51-53-49(35-17-5-1-6-18-35)52-50(54-51)36-19-7-2-8-20-36/h1-34H. The number of para-hydroxylation sites is 2. The molecule has 0 fully saturated rings. The topological polar surface area (TPSA) is 65.6 Å². The second-order valence-corrected chi connectivity index (χ2v) is 17.2. The second kappa shape index (κ2) is 13.7. The summed E-state index contributed by atoms with van der Waals surface area (Å²) in [4.78, 5) is 15.2. The van der Waals surface area contributed by atoms with Gasteiger partial charge in [-0.2, -0.15) is 9.97 Å². The van der Waals surface area contributed by atoms with Crippen LogP contribution in [0.15, 0.2) is 206 Å². The molecule has 0 unspecified atom stereocenters. The van der Waals surface area contributed by atoms with Crippen LogP contribution in [0.3, 0.4) is 0 Å². The van der Waals surface area contributed by atoms with Crippen molar-refractivity contribution >= 4 is 66.7 Å². The molecule has 0 aliphatic carbocycles. The molecule has 0 N–H and O–H groups in total. The van der Waals surface area contributed by atoms with Gasteiger partial charge in [0.05, 0.1) is 22.1 Å². The Kier molecular flexibility index (Phi) is 7.98. The second-order valence-electron chi connectivity index (χ2n) is 14.4. The normalized spacial score (nSPS) is 11.9. The highest BCUT2D eigenvalue weighted by Gasteiger charge is 2.30. The van der Waals surface area contributed by atoms with Gasteiger partial charge < -0.3 is 9.13 Å². The van der Waals surface area contributed by atoms with Gasteiger partial charge in [0, 0.05) is 54.3 Å². The highest BCUT2D eigenvalue weighted by molar-refractivity contribution is 7.85. The van der Waals surface area contributed by atoms with Crippen molar-refractivity contribution < 1.29 is 4.57 Å². The number of fused-ring (bicyclic) bond motifs is 6. The molecule has 0 spiro atoms. The zero-order valence-electron chi connectivity index (χ0n) is 31.2. The van der Waals surface area contributed by atoms with Gasteiger partial charge in [-0.1, -0.05) is 158 Å². The smallest absolute Gasteiger partial charge is 0.238 e. The molecule has 0 radical (unpaired) electrons. The maximum atomic E-state index is 15.4. The summed E-state index contributed by atoms with van der Waals surface area (Å²) < 4.78 is 19.9. The molecule has 274 valence electrons. The number of nitrogens with zero attached hydrogens (tertiary/aromatic N) is 5. The lowest BCUT2D eigenvalue weighted by atomic mass is 10.1. The van der Waals surface area contributed by atoms with Gasteiger partial charge >= 0.3 is 0 Å². The summed E-state index contributed by atoms with van der Waals surface area (Å²) in [6.45, 7) is 0. The van der Waals surface area contributed by atoms with Crippen LogP contribution in [0.2, 0.25) is 0 Å². The van der Waals surface area contributed by atoms with E-state index in [-0.39, 0.29) is 0 Å². The summed E-state index contributed by atoms with van der Waals surface area (Å²) in [6.07, 6.45) is 0. The number of benzene rings is 8. The fourth-order valence-corrected chi connectivity index (χ4v) is 11.0. The molecule has 0 bridgehead atoms. The van der Waals surface area contributed by atoms with Crippen molar-refractivity contribution in [2.45, 2.75) is 0 Å². The predicted octanol–water partition coefficient (Wildman–Crippen LogP) is 11.0. The summed E-state index contributed by atoms with van der Waals surface area (Å²) in [5, 5.41) is 6.76. The maximum absolute atomic E-state index is 15.4. The van der Waals surface area contributed by atoms with Crippen LogP contribution in [0.4, 0.5) is 0 Å². The Morgan fingerprint density at radius 3 is 1.34 bits per heavy atom. The number of hydrogen-bond acceptors (Lipinski definition) is 4. The van der Waals surface area contributed by atoms with E-state index in [1.54, 1.807) is 0 Å². The fraction of sp³-hybridized carbons (Fsp3) is 0. The van der Waals surface area contributed by atoms with Crippen LogP contribution in [0, 0.1) is 0 Å². The third-order valence-corrected chi connectivity index (χ3v) is 14.1. The first-order chi connectivity index (χ1) is 28.6. The van der Waals surface area contributed by atoms with Crippen LogP contribution >= 0.6 is 7.14 Å². The summed E-state index contributed by atoms with van der Waals surface area (Å²) >= 11 is 0. The minimum absolute atomic E-state index is 0.553. The van der Waals surface area contributed by atoms with E-state index in [0.29, 0.717) is 17.6 Å². The molecule has 0 atom stereocenters. The lowest BCUT2D eigenvalue weighted by Gasteiger charge is -2.20. The van der Waals surface area contributed by atoms with Crippen molar-refractivity contribution in [3.8, 4) is 34.4 Å². The first-order valence-corrected chi connectivity index (χ1v) is 21.0. The first-order valence-electron chi connectivity index (χ1n) is 19.3. The SMILES string of the molecule is O=P(c1ccccc1)(c1ccccc1)c1ccc2c(c1)c1ccccc1n2-c1ccc2c(c1)c1ccccc1n2-c1nc(-c2ccccc2)nc(-c2ccccc2)n1. The van der Waals surface area contributed by atoms with E-state index in [1.165, 1.54) is 0 Å². The van der Waals surface area contributed by atoms with Crippen molar-refractivity contribution in [1.82, 2.24) is 24.1 Å². The Labute approximate surface area is 334 Å². The third-order valence-electron chi connectivity index (χ3n) is 11.1. The van der Waals surface area contributed by atoms with Gasteiger partial charge in [0.15, 0.2) is 18.8 Å². The van der Waals surface area contributed by atoms with Crippen LogP contribution in [0.5, 0.6) is 0 Å². The Hall–Kier alpha value is -7.40. The van der Waals surface area contributed by atoms with Crippen LogP contribution in [0.1, 0.15) is 0 Å². The van der Waals surface area contributed by atoms with Gasteiger partial charge in [-0.3, -0.25) is 4.57 Å². The number of rotatable bonds is 7. The first kappa shape index (κ1) is 33.9. The summed E-state index contributed by atoms with van der Waals surface area (Å²) in [7, 11) is -3.18. The molecule has 0 aliphatic heterocycles. The molecule has 3 heterocycles. The van der Waals surface area contributed by atoms with Crippen molar-refractivity contribution in [1.29, 1.82) is 0 Å². The lowest BCUT2D eigenvalue weighted by molar-refractivity contribution is 0.592. The number of hydrogen-bond donors (Lipinski definition) is 0. The molecular weight excluding hydrogens is 730 g/mol. The van der Waals surface area contributed by atoms with Gasteiger partial charge in [0.2, 0.25) is 5.95 Å². The molecule has 0 aliphatic rings. The van der Waals surface area contributed by atoms with Crippen molar-refractivity contribution in [3.63, 3.8) is 0 Å². The van der Waals surface area contributed by atoms with E-state index in [1.807, 2.05) is 121 Å². The molecule has 8 aromatic carbocycles. The third kappa shape index (κ3) is 5.42. The maximum Gasteiger partial charge on any atom is 0.238 e. The predicted molar refractivity (Wildman–Crippen MR) is 239 cm³/mol. The van der Waals surface area contributed by atoms with Crippen molar-refractivity contribution in [3.05, 3.63) is 206 Å². The molecule has 7 heteroatoms. The van der Waals surface area contributed by atoms with E-state index in [0.717, 1.165) is 76.3 Å². The van der Waals surface area contributed by atoms with E-state index in [4.69, 9.17) is 15.0 Å². The highest BCUT2D eigenvalue weighted by Crippen LogP contribution is 2.44. The van der Waals surface area contributed by atoms with Crippen molar-refractivity contribution in [2.24, 2.45) is 0 Å².